The summed E-state index contributed by atoms with van der Waals surface area (Å²) in [6, 6.07) is 3.64. The van der Waals surface area contributed by atoms with Gasteiger partial charge in [0.15, 0.2) is 0 Å². The van der Waals surface area contributed by atoms with Crippen LogP contribution in [0.15, 0.2) is 35.4 Å². The molecular weight excluding hydrogens is 381 g/mol. The van der Waals surface area contributed by atoms with Crippen LogP contribution in [0.1, 0.15) is 21.6 Å². The molecule has 0 fully saturated rings. The molecule has 0 atom stereocenters. The van der Waals surface area contributed by atoms with Crippen molar-refractivity contribution >= 4 is 44.2 Å². The molecule has 0 unspecified atom stereocenters. The monoisotopic (exact) mass is 392 g/mol. The van der Waals surface area contributed by atoms with Crippen molar-refractivity contribution in [2.24, 2.45) is 0 Å². The molecule has 0 bridgehead atoms. The number of carbonyl (C=O) groups excluding carboxylic acids is 1. The molecular formula is C17H11F3N4O2S. The summed E-state index contributed by atoms with van der Waals surface area (Å²) in [5, 5.41) is 2.83. The molecule has 0 aliphatic heterocycles. The van der Waals surface area contributed by atoms with Gasteiger partial charge in [0, 0.05) is 23.3 Å². The lowest BCUT2D eigenvalue weighted by Gasteiger charge is -2.14. The molecule has 3 N–H and O–H groups in total. The van der Waals surface area contributed by atoms with E-state index in [1.54, 1.807) is 6.92 Å². The number of hydrogen-bond donors (Lipinski definition) is 3. The second kappa shape index (κ2) is 5.95. The standard InChI is InChI=1S/C17H11F3N4O2S/c1-7-13-14(25)9(6-22-16(13)27-24-7)15(26)23-12-5-11-8(2-3-21-11)4-10(12)17(18,19)20/h2-6,21H,1H3,(H,22,25)(H,23,26). The number of alkyl halides is 3. The summed E-state index contributed by atoms with van der Waals surface area (Å²) in [7, 11) is 0. The Hall–Kier alpha value is -3.14. The molecule has 0 radical (unpaired) electrons. The summed E-state index contributed by atoms with van der Waals surface area (Å²) in [5.41, 5.74) is -1.40. The number of amides is 1. The van der Waals surface area contributed by atoms with E-state index < -0.39 is 28.8 Å². The number of carbonyl (C=O) groups is 1. The predicted octanol–water partition coefficient (Wildman–Crippen LogP) is 4.05. The van der Waals surface area contributed by atoms with E-state index in [1.807, 2.05) is 0 Å². The zero-order valence-corrected chi connectivity index (χ0v) is 14.5. The Balaban J connectivity index is 1.80. The fraction of sp³-hybridized carbons (Fsp3) is 0.118. The average Bonchev–Trinajstić information content (AvgIpc) is 3.20. The number of aromatic amines is 2. The summed E-state index contributed by atoms with van der Waals surface area (Å²) in [6.07, 6.45) is -1.99. The number of anilines is 1. The van der Waals surface area contributed by atoms with Gasteiger partial charge in [-0.1, -0.05) is 0 Å². The molecule has 0 spiro atoms. The van der Waals surface area contributed by atoms with Gasteiger partial charge in [-0.05, 0) is 36.7 Å². The highest BCUT2D eigenvalue weighted by atomic mass is 32.1. The molecule has 1 aromatic carbocycles. The number of aryl methyl sites for hydroxylation is 1. The van der Waals surface area contributed by atoms with Crippen LogP contribution in [0.5, 0.6) is 0 Å². The van der Waals surface area contributed by atoms with Crippen LogP contribution in [0.2, 0.25) is 0 Å². The molecule has 27 heavy (non-hydrogen) atoms. The molecule has 4 rings (SSSR count). The summed E-state index contributed by atoms with van der Waals surface area (Å²) in [5.74, 6) is -0.930. The zero-order valence-electron chi connectivity index (χ0n) is 13.7. The quantitative estimate of drug-likeness (QED) is 0.481. The lowest BCUT2D eigenvalue weighted by atomic mass is 10.1. The van der Waals surface area contributed by atoms with Gasteiger partial charge >= 0.3 is 6.18 Å². The third-order valence-electron chi connectivity index (χ3n) is 4.17. The number of pyridine rings is 1. The first-order valence-corrected chi connectivity index (χ1v) is 8.50. The highest BCUT2D eigenvalue weighted by molar-refractivity contribution is 7.12. The van der Waals surface area contributed by atoms with Crippen molar-refractivity contribution < 1.29 is 18.0 Å². The third-order valence-corrected chi connectivity index (χ3v) is 5.04. The third kappa shape index (κ3) is 2.87. The van der Waals surface area contributed by atoms with Crippen LogP contribution >= 0.6 is 11.5 Å². The predicted molar refractivity (Wildman–Crippen MR) is 96.2 cm³/mol. The van der Waals surface area contributed by atoms with Gasteiger partial charge in [0.25, 0.3) is 5.91 Å². The van der Waals surface area contributed by atoms with Crippen molar-refractivity contribution in [3.63, 3.8) is 0 Å². The number of H-pyrrole nitrogens is 2. The van der Waals surface area contributed by atoms with Crippen LogP contribution in [0, 0.1) is 6.92 Å². The van der Waals surface area contributed by atoms with E-state index >= 15 is 0 Å². The van der Waals surface area contributed by atoms with Crippen LogP contribution in [0.4, 0.5) is 18.9 Å². The molecule has 4 aromatic rings. The molecule has 6 nitrogen and oxygen atoms in total. The van der Waals surface area contributed by atoms with Gasteiger partial charge in [0.2, 0.25) is 5.43 Å². The van der Waals surface area contributed by atoms with E-state index in [2.05, 4.69) is 19.7 Å². The van der Waals surface area contributed by atoms with Gasteiger partial charge in [0.1, 0.15) is 10.4 Å². The number of nitrogens with one attached hydrogen (secondary N) is 3. The summed E-state index contributed by atoms with van der Waals surface area (Å²) in [4.78, 5) is 31.2. The Morgan fingerprint density at radius 2 is 2.04 bits per heavy atom. The fourth-order valence-electron chi connectivity index (χ4n) is 2.87. The lowest BCUT2D eigenvalue weighted by molar-refractivity contribution is -0.136. The SMILES string of the molecule is Cc1nsc2[nH]cc(C(=O)Nc3cc4[nH]ccc4cc3C(F)(F)F)c(=O)c12. The Morgan fingerprint density at radius 1 is 1.26 bits per heavy atom. The minimum absolute atomic E-state index is 0.253. The van der Waals surface area contributed by atoms with E-state index in [4.69, 9.17) is 0 Å². The summed E-state index contributed by atoms with van der Waals surface area (Å²) < 4.78 is 44.2. The molecule has 3 heterocycles. The van der Waals surface area contributed by atoms with Gasteiger partial charge < -0.3 is 15.3 Å². The first kappa shape index (κ1) is 17.3. The molecule has 0 saturated carbocycles. The fourth-order valence-corrected chi connectivity index (χ4v) is 3.63. The minimum atomic E-state index is -4.67. The van der Waals surface area contributed by atoms with Gasteiger partial charge in [-0.3, -0.25) is 9.59 Å². The van der Waals surface area contributed by atoms with E-state index in [1.165, 1.54) is 24.5 Å². The highest BCUT2D eigenvalue weighted by Crippen LogP contribution is 2.37. The van der Waals surface area contributed by atoms with E-state index in [0.717, 1.165) is 17.6 Å². The smallest absolute Gasteiger partial charge is 0.361 e. The second-order valence-electron chi connectivity index (χ2n) is 5.92. The van der Waals surface area contributed by atoms with Gasteiger partial charge in [-0.25, -0.2) is 0 Å². The molecule has 0 aliphatic rings. The van der Waals surface area contributed by atoms with E-state index in [0.29, 0.717) is 21.4 Å². The van der Waals surface area contributed by atoms with Crippen molar-refractivity contribution in [2.45, 2.75) is 13.1 Å². The van der Waals surface area contributed by atoms with Gasteiger partial charge in [-0.2, -0.15) is 17.5 Å². The number of hydrogen-bond acceptors (Lipinski definition) is 4. The van der Waals surface area contributed by atoms with Crippen LogP contribution in [0.3, 0.4) is 0 Å². The van der Waals surface area contributed by atoms with Crippen molar-refractivity contribution in [1.29, 1.82) is 0 Å². The first-order valence-electron chi connectivity index (χ1n) is 7.73. The van der Waals surface area contributed by atoms with Gasteiger partial charge in [0.05, 0.1) is 22.3 Å². The van der Waals surface area contributed by atoms with Crippen LogP contribution in [-0.4, -0.2) is 20.2 Å². The number of rotatable bonds is 2. The summed E-state index contributed by atoms with van der Waals surface area (Å²) >= 11 is 1.07. The van der Waals surface area contributed by atoms with Gasteiger partial charge in [-0.15, -0.1) is 0 Å². The van der Waals surface area contributed by atoms with Crippen LogP contribution < -0.4 is 10.7 Å². The molecule has 3 aromatic heterocycles. The minimum Gasteiger partial charge on any atom is -0.361 e. The summed E-state index contributed by atoms with van der Waals surface area (Å²) in [6.45, 7) is 1.62. The van der Waals surface area contributed by atoms with Crippen molar-refractivity contribution in [1.82, 2.24) is 14.3 Å². The maximum Gasteiger partial charge on any atom is 0.418 e. The largest absolute Gasteiger partial charge is 0.418 e. The number of halogens is 3. The normalized spacial score (nSPS) is 12.0. The first-order chi connectivity index (χ1) is 12.8. The number of benzene rings is 1. The average molecular weight is 392 g/mol. The highest BCUT2D eigenvalue weighted by Gasteiger charge is 2.34. The Kier molecular flexibility index (Phi) is 3.81. The Labute approximate surface area is 153 Å². The van der Waals surface area contributed by atoms with E-state index in [9.17, 15) is 22.8 Å². The maximum atomic E-state index is 13.4. The molecule has 138 valence electrons. The van der Waals surface area contributed by atoms with E-state index in [-0.39, 0.29) is 10.9 Å². The van der Waals surface area contributed by atoms with Crippen molar-refractivity contribution in [3.8, 4) is 0 Å². The maximum absolute atomic E-state index is 13.4. The number of nitrogens with zero attached hydrogens (tertiary/aromatic N) is 1. The van der Waals surface area contributed by atoms with Crippen LogP contribution in [0.25, 0.3) is 21.1 Å². The number of fused-ring (bicyclic) bond motifs is 2. The molecule has 0 aliphatic carbocycles. The molecule has 10 heteroatoms. The number of aromatic nitrogens is 3. The molecule has 1 amide bonds. The Bertz CT molecular complexity index is 1250. The topological polar surface area (TPSA) is 90.6 Å². The van der Waals surface area contributed by atoms with Crippen LogP contribution in [-0.2, 0) is 6.18 Å². The lowest BCUT2D eigenvalue weighted by Crippen LogP contribution is -2.23. The Morgan fingerprint density at radius 3 is 2.78 bits per heavy atom. The zero-order chi connectivity index (χ0) is 19.3. The van der Waals surface area contributed by atoms with Crippen molar-refractivity contribution in [2.75, 3.05) is 5.32 Å². The van der Waals surface area contributed by atoms with Crippen molar-refractivity contribution in [3.05, 3.63) is 57.6 Å². The second-order valence-corrected chi connectivity index (χ2v) is 6.69. The molecule has 0 saturated heterocycles.